The molecule has 2 N–H and O–H groups in total. The second kappa shape index (κ2) is 6.47. The summed E-state index contributed by atoms with van der Waals surface area (Å²) in [6.45, 7) is 2.62. The molecule has 0 fully saturated rings. The van der Waals surface area contributed by atoms with Crippen LogP contribution in [0.4, 0.5) is 0 Å². The molecule has 0 radical (unpaired) electrons. The first-order chi connectivity index (χ1) is 7.25. The van der Waals surface area contributed by atoms with E-state index in [2.05, 4.69) is 14.9 Å². The van der Waals surface area contributed by atoms with E-state index in [9.17, 15) is 4.79 Å². The fraction of sp³-hybridized carbons (Fsp3) is 0.667. The molecular formula is C9H15N3O2S. The van der Waals surface area contributed by atoms with Crippen molar-refractivity contribution in [1.29, 1.82) is 0 Å². The highest BCUT2D eigenvalue weighted by molar-refractivity contribution is 7.07. The van der Waals surface area contributed by atoms with Crippen molar-refractivity contribution in [2.24, 2.45) is 0 Å². The van der Waals surface area contributed by atoms with Crippen molar-refractivity contribution in [1.82, 2.24) is 14.9 Å². The van der Waals surface area contributed by atoms with Crippen molar-refractivity contribution in [3.05, 3.63) is 10.6 Å². The van der Waals surface area contributed by atoms with Crippen LogP contribution < -0.4 is 5.32 Å². The second-order valence-electron chi connectivity index (χ2n) is 3.23. The van der Waals surface area contributed by atoms with Gasteiger partial charge in [-0.2, -0.15) is 0 Å². The van der Waals surface area contributed by atoms with Crippen LogP contribution in [0.2, 0.25) is 0 Å². The quantitative estimate of drug-likeness (QED) is 0.705. The molecule has 0 spiro atoms. The Morgan fingerprint density at radius 3 is 2.87 bits per heavy atom. The van der Waals surface area contributed by atoms with E-state index in [1.807, 2.05) is 0 Å². The minimum absolute atomic E-state index is 0.105. The summed E-state index contributed by atoms with van der Waals surface area (Å²) >= 11 is 1.11. The van der Waals surface area contributed by atoms with Gasteiger partial charge in [0.1, 0.15) is 4.88 Å². The van der Waals surface area contributed by atoms with Crippen molar-refractivity contribution in [2.75, 3.05) is 13.2 Å². The molecule has 0 atom stereocenters. The summed E-state index contributed by atoms with van der Waals surface area (Å²) in [4.78, 5) is 12.1. The number of carbonyl (C=O) groups excluding carboxylic acids is 1. The van der Waals surface area contributed by atoms with Crippen molar-refractivity contribution in [3.8, 4) is 0 Å². The lowest BCUT2D eigenvalue weighted by Crippen LogP contribution is -2.24. The number of unbranched alkanes of at least 4 members (excludes halogenated alkanes) is 2. The van der Waals surface area contributed by atoms with Gasteiger partial charge in [-0.05, 0) is 37.7 Å². The van der Waals surface area contributed by atoms with Gasteiger partial charge in [0.05, 0.1) is 5.69 Å². The number of hydrogen-bond acceptors (Lipinski definition) is 5. The molecule has 0 aliphatic carbocycles. The largest absolute Gasteiger partial charge is 0.396 e. The molecule has 1 amide bonds. The van der Waals surface area contributed by atoms with Crippen molar-refractivity contribution in [2.45, 2.75) is 26.2 Å². The molecule has 1 rings (SSSR count). The standard InChI is InChI=1S/C9H15N3O2S/c1-7-8(15-12-11-7)9(14)10-5-3-2-4-6-13/h13H,2-6H2,1H3,(H,10,14). The molecule has 84 valence electrons. The summed E-state index contributed by atoms with van der Waals surface area (Å²) in [7, 11) is 0. The average Bonchev–Trinajstić information content (AvgIpc) is 2.64. The monoisotopic (exact) mass is 229 g/mol. The topological polar surface area (TPSA) is 75.1 Å². The number of nitrogens with one attached hydrogen (secondary N) is 1. The lowest BCUT2D eigenvalue weighted by molar-refractivity contribution is 0.0956. The molecule has 0 saturated carbocycles. The van der Waals surface area contributed by atoms with Gasteiger partial charge in [-0.1, -0.05) is 4.49 Å². The van der Waals surface area contributed by atoms with Gasteiger partial charge in [0, 0.05) is 13.2 Å². The van der Waals surface area contributed by atoms with Gasteiger partial charge >= 0.3 is 0 Å². The number of carbonyl (C=O) groups is 1. The summed E-state index contributed by atoms with van der Waals surface area (Å²) in [6, 6.07) is 0. The summed E-state index contributed by atoms with van der Waals surface area (Å²) < 4.78 is 3.70. The normalized spacial score (nSPS) is 10.3. The van der Waals surface area contributed by atoms with E-state index in [-0.39, 0.29) is 12.5 Å². The van der Waals surface area contributed by atoms with Crippen molar-refractivity contribution >= 4 is 17.4 Å². The fourth-order valence-electron chi connectivity index (χ4n) is 1.14. The molecule has 1 aromatic heterocycles. The van der Waals surface area contributed by atoms with Gasteiger partial charge < -0.3 is 10.4 Å². The Labute approximate surface area is 92.7 Å². The first-order valence-electron chi connectivity index (χ1n) is 4.93. The van der Waals surface area contributed by atoms with Crippen LogP contribution in [0.15, 0.2) is 0 Å². The highest BCUT2D eigenvalue weighted by Gasteiger charge is 2.11. The van der Waals surface area contributed by atoms with E-state index >= 15 is 0 Å². The number of hydrogen-bond donors (Lipinski definition) is 2. The fourth-order valence-corrected chi connectivity index (χ4v) is 1.71. The number of aryl methyl sites for hydroxylation is 1. The van der Waals surface area contributed by atoms with Crippen LogP contribution >= 0.6 is 11.5 Å². The highest BCUT2D eigenvalue weighted by Crippen LogP contribution is 2.08. The third-order valence-corrected chi connectivity index (χ3v) is 2.80. The van der Waals surface area contributed by atoms with E-state index < -0.39 is 0 Å². The van der Waals surface area contributed by atoms with Crippen LogP contribution in [-0.2, 0) is 0 Å². The zero-order chi connectivity index (χ0) is 11.1. The van der Waals surface area contributed by atoms with E-state index in [4.69, 9.17) is 5.11 Å². The van der Waals surface area contributed by atoms with E-state index in [1.165, 1.54) is 0 Å². The Kier molecular flexibility index (Phi) is 5.20. The molecular weight excluding hydrogens is 214 g/mol. The number of aromatic nitrogens is 2. The highest BCUT2D eigenvalue weighted by atomic mass is 32.1. The third kappa shape index (κ3) is 3.93. The Hall–Kier alpha value is -1.01. The van der Waals surface area contributed by atoms with E-state index in [0.29, 0.717) is 17.1 Å². The average molecular weight is 229 g/mol. The van der Waals surface area contributed by atoms with Crippen LogP contribution in [0.3, 0.4) is 0 Å². The van der Waals surface area contributed by atoms with Crippen LogP contribution in [0, 0.1) is 6.92 Å². The van der Waals surface area contributed by atoms with Gasteiger partial charge in [-0.15, -0.1) is 5.10 Å². The number of nitrogens with zero attached hydrogens (tertiary/aromatic N) is 2. The van der Waals surface area contributed by atoms with Crippen LogP contribution in [0.5, 0.6) is 0 Å². The summed E-state index contributed by atoms with van der Waals surface area (Å²) in [5.41, 5.74) is 0.674. The third-order valence-electron chi connectivity index (χ3n) is 1.98. The molecule has 0 aromatic carbocycles. The maximum atomic E-state index is 11.5. The zero-order valence-electron chi connectivity index (χ0n) is 8.69. The number of aliphatic hydroxyl groups is 1. The van der Waals surface area contributed by atoms with Crippen LogP contribution in [-0.4, -0.2) is 33.8 Å². The molecule has 1 heterocycles. The summed E-state index contributed by atoms with van der Waals surface area (Å²) in [5.74, 6) is -0.105. The maximum Gasteiger partial charge on any atom is 0.264 e. The smallest absolute Gasteiger partial charge is 0.264 e. The Balaban J connectivity index is 2.22. The minimum atomic E-state index is -0.105. The van der Waals surface area contributed by atoms with Gasteiger partial charge in [0.15, 0.2) is 0 Å². The molecule has 1 aromatic rings. The molecule has 15 heavy (non-hydrogen) atoms. The minimum Gasteiger partial charge on any atom is -0.396 e. The van der Waals surface area contributed by atoms with Crippen molar-refractivity contribution in [3.63, 3.8) is 0 Å². The number of amides is 1. The maximum absolute atomic E-state index is 11.5. The van der Waals surface area contributed by atoms with E-state index in [1.54, 1.807) is 6.92 Å². The van der Waals surface area contributed by atoms with Gasteiger partial charge in [-0.3, -0.25) is 4.79 Å². The van der Waals surface area contributed by atoms with Crippen LogP contribution in [0.25, 0.3) is 0 Å². The Morgan fingerprint density at radius 1 is 1.47 bits per heavy atom. The summed E-state index contributed by atoms with van der Waals surface area (Å²) in [5, 5.41) is 15.1. The first-order valence-corrected chi connectivity index (χ1v) is 5.71. The van der Waals surface area contributed by atoms with Crippen molar-refractivity contribution < 1.29 is 9.90 Å². The van der Waals surface area contributed by atoms with Crippen LogP contribution in [0.1, 0.15) is 34.6 Å². The van der Waals surface area contributed by atoms with Gasteiger partial charge in [0.2, 0.25) is 0 Å². The van der Waals surface area contributed by atoms with Gasteiger partial charge in [0.25, 0.3) is 5.91 Å². The molecule has 0 unspecified atom stereocenters. The first kappa shape index (κ1) is 12.1. The molecule has 5 nitrogen and oxygen atoms in total. The molecule has 0 bridgehead atoms. The lowest BCUT2D eigenvalue weighted by atomic mass is 10.2. The predicted molar refractivity (Wildman–Crippen MR) is 57.9 cm³/mol. The molecule has 6 heteroatoms. The molecule has 0 aliphatic heterocycles. The Bertz CT molecular complexity index is 314. The second-order valence-corrected chi connectivity index (χ2v) is 3.98. The number of rotatable bonds is 6. The molecule has 0 saturated heterocycles. The zero-order valence-corrected chi connectivity index (χ0v) is 9.51. The van der Waals surface area contributed by atoms with E-state index in [0.717, 1.165) is 30.8 Å². The molecule has 0 aliphatic rings. The predicted octanol–water partition coefficient (Wildman–Crippen LogP) is 0.739. The Morgan fingerprint density at radius 2 is 2.27 bits per heavy atom. The lowest BCUT2D eigenvalue weighted by Gasteiger charge is -2.02. The summed E-state index contributed by atoms with van der Waals surface area (Å²) in [6.07, 6.45) is 2.60. The SMILES string of the molecule is Cc1nnsc1C(=O)NCCCCCO. The van der Waals surface area contributed by atoms with Gasteiger partial charge in [-0.25, -0.2) is 0 Å². The number of aliphatic hydroxyl groups excluding tert-OH is 1.